The van der Waals surface area contributed by atoms with Crippen LogP contribution in [0.25, 0.3) is 0 Å². The van der Waals surface area contributed by atoms with Crippen LogP contribution in [0.1, 0.15) is 31.4 Å². The van der Waals surface area contributed by atoms with Gasteiger partial charge in [-0.15, -0.1) is 0 Å². The second kappa shape index (κ2) is 10.2. The van der Waals surface area contributed by atoms with E-state index in [0.29, 0.717) is 19.5 Å². The van der Waals surface area contributed by atoms with Crippen LogP contribution in [0.3, 0.4) is 0 Å². The second-order valence-corrected chi connectivity index (χ2v) is 8.61. The molecule has 0 bridgehead atoms. The molecule has 0 unspecified atom stereocenters. The number of aryl methyl sites for hydroxylation is 1. The van der Waals surface area contributed by atoms with Crippen molar-refractivity contribution in [3.63, 3.8) is 0 Å². The SMILES string of the molecule is CC(C)N(CCc1ccc(S(N)(=O)=O)cc1)C(=O)NCCCc1ccccc1. The highest BCUT2D eigenvalue weighted by Gasteiger charge is 2.16. The number of amides is 2. The first-order chi connectivity index (χ1) is 13.3. The summed E-state index contributed by atoms with van der Waals surface area (Å²) in [5.74, 6) is 0. The Bertz CT molecular complexity index is 850. The van der Waals surface area contributed by atoms with Gasteiger partial charge in [-0.05, 0) is 56.4 Å². The summed E-state index contributed by atoms with van der Waals surface area (Å²) < 4.78 is 22.6. The summed E-state index contributed by atoms with van der Waals surface area (Å²) in [6, 6.07) is 16.6. The molecule has 7 heteroatoms. The Morgan fingerprint density at radius 3 is 2.18 bits per heavy atom. The van der Waals surface area contributed by atoms with E-state index in [1.807, 2.05) is 32.0 Å². The molecular formula is C21H29N3O3S. The van der Waals surface area contributed by atoms with E-state index in [9.17, 15) is 13.2 Å². The van der Waals surface area contributed by atoms with Crippen LogP contribution in [0.5, 0.6) is 0 Å². The number of nitrogens with zero attached hydrogens (tertiary/aromatic N) is 1. The van der Waals surface area contributed by atoms with Gasteiger partial charge in [-0.3, -0.25) is 0 Å². The Morgan fingerprint density at radius 2 is 1.61 bits per heavy atom. The average molecular weight is 404 g/mol. The maximum atomic E-state index is 12.5. The van der Waals surface area contributed by atoms with E-state index in [1.54, 1.807) is 17.0 Å². The first-order valence-electron chi connectivity index (χ1n) is 9.47. The molecule has 2 amide bonds. The molecule has 0 aliphatic carbocycles. The lowest BCUT2D eigenvalue weighted by atomic mass is 10.1. The molecule has 2 aromatic carbocycles. The monoisotopic (exact) mass is 403 g/mol. The number of urea groups is 1. The molecule has 0 heterocycles. The number of carbonyl (C=O) groups is 1. The van der Waals surface area contributed by atoms with Crippen LogP contribution in [-0.4, -0.2) is 38.5 Å². The molecule has 2 aromatic rings. The molecule has 0 fully saturated rings. The molecule has 28 heavy (non-hydrogen) atoms. The highest BCUT2D eigenvalue weighted by atomic mass is 32.2. The van der Waals surface area contributed by atoms with Crippen LogP contribution in [-0.2, 0) is 22.9 Å². The van der Waals surface area contributed by atoms with Crippen molar-refractivity contribution < 1.29 is 13.2 Å². The highest BCUT2D eigenvalue weighted by Crippen LogP contribution is 2.11. The number of nitrogens with two attached hydrogens (primary N) is 1. The average Bonchev–Trinajstić information content (AvgIpc) is 2.65. The molecule has 0 saturated heterocycles. The second-order valence-electron chi connectivity index (χ2n) is 7.05. The van der Waals surface area contributed by atoms with E-state index in [0.717, 1.165) is 18.4 Å². The molecule has 0 aromatic heterocycles. The Balaban J connectivity index is 1.82. The van der Waals surface area contributed by atoms with Crippen LogP contribution < -0.4 is 10.5 Å². The predicted molar refractivity (Wildman–Crippen MR) is 112 cm³/mol. The van der Waals surface area contributed by atoms with E-state index in [2.05, 4.69) is 17.4 Å². The maximum Gasteiger partial charge on any atom is 0.317 e. The van der Waals surface area contributed by atoms with Crippen molar-refractivity contribution in [1.29, 1.82) is 0 Å². The lowest BCUT2D eigenvalue weighted by molar-refractivity contribution is 0.184. The normalized spacial score (nSPS) is 11.4. The van der Waals surface area contributed by atoms with Crippen LogP contribution in [0.4, 0.5) is 4.79 Å². The first-order valence-corrected chi connectivity index (χ1v) is 11.0. The van der Waals surface area contributed by atoms with Gasteiger partial charge in [0.2, 0.25) is 10.0 Å². The number of nitrogens with one attached hydrogen (secondary N) is 1. The number of carbonyl (C=O) groups excluding carboxylic acids is 1. The van der Waals surface area contributed by atoms with Crippen LogP contribution in [0.15, 0.2) is 59.5 Å². The van der Waals surface area contributed by atoms with Crippen molar-refractivity contribution in [2.24, 2.45) is 5.14 Å². The van der Waals surface area contributed by atoms with Crippen molar-refractivity contribution in [2.75, 3.05) is 13.1 Å². The minimum Gasteiger partial charge on any atom is -0.338 e. The Kier molecular flexibility index (Phi) is 8.02. The molecule has 2 rings (SSSR count). The fourth-order valence-electron chi connectivity index (χ4n) is 2.92. The smallest absolute Gasteiger partial charge is 0.317 e. The molecule has 3 N–H and O–H groups in total. The number of primary sulfonamides is 1. The molecule has 0 aliphatic rings. The topological polar surface area (TPSA) is 92.5 Å². The number of benzene rings is 2. The van der Waals surface area contributed by atoms with E-state index in [4.69, 9.17) is 5.14 Å². The van der Waals surface area contributed by atoms with Gasteiger partial charge in [-0.2, -0.15) is 0 Å². The molecule has 152 valence electrons. The molecule has 0 atom stereocenters. The van der Waals surface area contributed by atoms with Crippen LogP contribution in [0, 0.1) is 0 Å². The van der Waals surface area contributed by atoms with E-state index >= 15 is 0 Å². The fourth-order valence-corrected chi connectivity index (χ4v) is 3.44. The van der Waals surface area contributed by atoms with Crippen molar-refractivity contribution in [3.05, 3.63) is 65.7 Å². The van der Waals surface area contributed by atoms with E-state index in [1.165, 1.54) is 17.7 Å². The van der Waals surface area contributed by atoms with Crippen LogP contribution >= 0.6 is 0 Å². The summed E-state index contributed by atoms with van der Waals surface area (Å²) in [7, 11) is -3.69. The van der Waals surface area contributed by atoms with Crippen LogP contribution in [0.2, 0.25) is 0 Å². The zero-order chi connectivity index (χ0) is 20.6. The molecule has 0 spiro atoms. The number of sulfonamides is 1. The van der Waals surface area contributed by atoms with Gasteiger partial charge in [0, 0.05) is 19.1 Å². The van der Waals surface area contributed by atoms with Gasteiger partial charge in [0.15, 0.2) is 0 Å². The van der Waals surface area contributed by atoms with Crippen molar-refractivity contribution in [2.45, 2.75) is 44.0 Å². The molecule has 0 radical (unpaired) electrons. The minimum atomic E-state index is -3.69. The third kappa shape index (κ3) is 6.98. The molecule has 0 aliphatic heterocycles. The fraction of sp³-hybridized carbons (Fsp3) is 0.381. The summed E-state index contributed by atoms with van der Waals surface area (Å²) in [5.41, 5.74) is 2.22. The van der Waals surface area contributed by atoms with Crippen molar-refractivity contribution >= 4 is 16.1 Å². The number of hydrogen-bond donors (Lipinski definition) is 2. The van der Waals surface area contributed by atoms with Gasteiger partial charge in [0.1, 0.15) is 0 Å². The Hall–Kier alpha value is -2.38. The van der Waals surface area contributed by atoms with Gasteiger partial charge < -0.3 is 10.2 Å². The summed E-state index contributed by atoms with van der Waals surface area (Å²) in [6.07, 6.45) is 2.45. The third-order valence-corrected chi connectivity index (χ3v) is 5.47. The molecular weight excluding hydrogens is 374 g/mol. The maximum absolute atomic E-state index is 12.5. The summed E-state index contributed by atoms with van der Waals surface area (Å²) in [6.45, 7) is 5.14. The Morgan fingerprint density at radius 1 is 1.00 bits per heavy atom. The predicted octanol–water partition coefficient (Wildman–Crippen LogP) is 2.93. The standard InChI is InChI=1S/C21H29N3O3S/c1-17(2)24(16-14-19-10-12-20(13-11-19)28(22,26)27)21(25)23-15-6-9-18-7-4-3-5-8-18/h3-5,7-8,10-13,17H,6,9,14-16H2,1-2H3,(H,23,25)(H2,22,26,27). The van der Waals surface area contributed by atoms with Gasteiger partial charge in [0.25, 0.3) is 0 Å². The van der Waals surface area contributed by atoms with Gasteiger partial charge in [-0.25, -0.2) is 18.4 Å². The number of rotatable bonds is 9. The van der Waals surface area contributed by atoms with Gasteiger partial charge >= 0.3 is 6.03 Å². The lowest BCUT2D eigenvalue weighted by Gasteiger charge is -2.27. The van der Waals surface area contributed by atoms with Gasteiger partial charge in [-0.1, -0.05) is 42.5 Å². The lowest BCUT2D eigenvalue weighted by Crippen LogP contribution is -2.45. The van der Waals surface area contributed by atoms with Crippen molar-refractivity contribution in [3.8, 4) is 0 Å². The first kappa shape index (κ1) is 21.9. The van der Waals surface area contributed by atoms with E-state index in [-0.39, 0.29) is 17.0 Å². The number of hydrogen-bond acceptors (Lipinski definition) is 3. The zero-order valence-electron chi connectivity index (χ0n) is 16.5. The summed E-state index contributed by atoms with van der Waals surface area (Å²) in [5, 5.41) is 8.11. The Labute approximate surface area is 167 Å². The highest BCUT2D eigenvalue weighted by molar-refractivity contribution is 7.89. The quantitative estimate of drug-likeness (QED) is 0.631. The summed E-state index contributed by atoms with van der Waals surface area (Å²) >= 11 is 0. The summed E-state index contributed by atoms with van der Waals surface area (Å²) in [4.78, 5) is 14.4. The van der Waals surface area contributed by atoms with Gasteiger partial charge in [0.05, 0.1) is 4.90 Å². The third-order valence-electron chi connectivity index (χ3n) is 4.54. The zero-order valence-corrected chi connectivity index (χ0v) is 17.3. The largest absolute Gasteiger partial charge is 0.338 e. The molecule has 0 saturated carbocycles. The minimum absolute atomic E-state index is 0.0674. The van der Waals surface area contributed by atoms with Crippen molar-refractivity contribution in [1.82, 2.24) is 10.2 Å². The molecule has 6 nitrogen and oxygen atoms in total. The van der Waals surface area contributed by atoms with E-state index < -0.39 is 10.0 Å².